The fraction of sp³-hybridized carbons (Fsp3) is 0.143. The molecule has 7 heteroatoms. The van der Waals surface area contributed by atoms with Crippen LogP contribution in [0, 0.1) is 0 Å². The van der Waals surface area contributed by atoms with E-state index in [-0.39, 0.29) is 11.3 Å². The number of hydrogen-bond donors (Lipinski definition) is 3. The number of aromatic nitrogens is 2. The van der Waals surface area contributed by atoms with Gasteiger partial charge in [0.25, 0.3) is 0 Å². The number of carboxylic acid groups (broad SMARTS) is 2. The van der Waals surface area contributed by atoms with Gasteiger partial charge in [-0.15, -0.1) is 0 Å². The molecule has 14 heavy (non-hydrogen) atoms. The summed E-state index contributed by atoms with van der Waals surface area (Å²) in [6.07, 6.45) is 0.277. The third kappa shape index (κ3) is 2.16. The first-order valence-electron chi connectivity index (χ1n) is 3.54. The summed E-state index contributed by atoms with van der Waals surface area (Å²) >= 11 is 0. The fourth-order valence-electron chi connectivity index (χ4n) is 0.905. The molecule has 1 rings (SSSR count). The molecule has 0 aromatic carbocycles. The number of hydrogen-bond acceptors (Lipinski definition) is 4. The first kappa shape index (κ1) is 9.90. The van der Waals surface area contributed by atoms with Crippen molar-refractivity contribution < 1.29 is 19.8 Å². The molecular weight excluding hydrogens is 192 g/mol. The third-order valence-electron chi connectivity index (χ3n) is 1.45. The second kappa shape index (κ2) is 3.69. The largest absolute Gasteiger partial charge is 0.481 e. The number of aromatic carboxylic acids is 1. The van der Waals surface area contributed by atoms with Crippen molar-refractivity contribution in [1.29, 1.82) is 0 Å². The van der Waals surface area contributed by atoms with Crippen LogP contribution in [0.3, 0.4) is 0 Å². The van der Waals surface area contributed by atoms with Crippen molar-refractivity contribution >= 4 is 11.9 Å². The van der Waals surface area contributed by atoms with Crippen LogP contribution in [-0.4, -0.2) is 32.1 Å². The zero-order valence-corrected chi connectivity index (χ0v) is 6.85. The van der Waals surface area contributed by atoms with Crippen LogP contribution in [0.4, 0.5) is 0 Å². The minimum atomic E-state index is -1.33. The maximum absolute atomic E-state index is 10.7. The van der Waals surface area contributed by atoms with Crippen LogP contribution in [-0.2, 0) is 11.2 Å². The van der Waals surface area contributed by atoms with Gasteiger partial charge in [-0.05, 0) is 0 Å². The molecule has 1 aromatic rings. The van der Waals surface area contributed by atoms with E-state index in [2.05, 4.69) is 9.97 Å². The van der Waals surface area contributed by atoms with E-state index in [1.165, 1.54) is 0 Å². The lowest BCUT2D eigenvalue weighted by atomic mass is 10.2. The van der Waals surface area contributed by atoms with Crippen LogP contribution in [0.1, 0.15) is 16.1 Å². The molecule has 1 heterocycles. The predicted octanol–water partition coefficient (Wildman–Crippen LogP) is -0.905. The first-order valence-corrected chi connectivity index (χ1v) is 3.54. The number of aliphatic carboxylic acids is 1. The highest BCUT2D eigenvalue weighted by atomic mass is 16.4. The fourth-order valence-corrected chi connectivity index (χ4v) is 0.905. The van der Waals surface area contributed by atoms with Crippen molar-refractivity contribution in [3.05, 3.63) is 27.9 Å². The number of nitrogens with one attached hydrogen (secondary N) is 1. The average molecular weight is 198 g/mol. The van der Waals surface area contributed by atoms with Gasteiger partial charge in [-0.25, -0.2) is 14.6 Å². The molecule has 0 radical (unpaired) electrons. The smallest absolute Gasteiger partial charge is 0.345 e. The van der Waals surface area contributed by atoms with Gasteiger partial charge in [0.05, 0.1) is 12.0 Å². The van der Waals surface area contributed by atoms with Crippen LogP contribution in [0.15, 0.2) is 11.0 Å². The van der Waals surface area contributed by atoms with E-state index in [1.807, 2.05) is 0 Å². The van der Waals surface area contributed by atoms with Crippen molar-refractivity contribution in [2.75, 3.05) is 0 Å². The normalized spacial score (nSPS) is 9.71. The predicted molar refractivity (Wildman–Crippen MR) is 43.2 cm³/mol. The summed E-state index contributed by atoms with van der Waals surface area (Å²) in [6, 6.07) is 0. The van der Waals surface area contributed by atoms with Gasteiger partial charge in [-0.2, -0.15) is 0 Å². The summed E-state index contributed by atoms with van der Waals surface area (Å²) in [4.78, 5) is 36.8. The Kier molecular flexibility index (Phi) is 2.61. The van der Waals surface area contributed by atoms with E-state index in [4.69, 9.17) is 10.2 Å². The molecule has 0 saturated carbocycles. The van der Waals surface area contributed by atoms with Crippen molar-refractivity contribution in [3.8, 4) is 0 Å². The van der Waals surface area contributed by atoms with Crippen LogP contribution in [0.5, 0.6) is 0 Å². The maximum Gasteiger partial charge on any atom is 0.345 e. The Balaban J connectivity index is 3.22. The summed E-state index contributed by atoms with van der Waals surface area (Å²) in [7, 11) is 0. The topological polar surface area (TPSA) is 120 Å². The van der Waals surface area contributed by atoms with E-state index in [1.54, 1.807) is 0 Å². The molecule has 7 nitrogen and oxygen atoms in total. The van der Waals surface area contributed by atoms with Crippen molar-refractivity contribution in [2.24, 2.45) is 0 Å². The summed E-state index contributed by atoms with van der Waals surface area (Å²) in [6.45, 7) is 0. The van der Waals surface area contributed by atoms with Crippen LogP contribution in [0.2, 0.25) is 0 Å². The van der Waals surface area contributed by atoms with E-state index >= 15 is 0 Å². The molecule has 0 aliphatic carbocycles. The molecule has 0 unspecified atom stereocenters. The zero-order chi connectivity index (χ0) is 10.7. The number of aromatic amines is 1. The Bertz CT molecular complexity index is 436. The van der Waals surface area contributed by atoms with Crippen molar-refractivity contribution in [3.63, 3.8) is 0 Å². The zero-order valence-electron chi connectivity index (χ0n) is 6.85. The Morgan fingerprint density at radius 3 is 2.57 bits per heavy atom. The molecule has 0 aliphatic heterocycles. The maximum atomic E-state index is 10.7. The molecule has 0 aliphatic rings. The monoisotopic (exact) mass is 198 g/mol. The summed E-state index contributed by atoms with van der Waals surface area (Å²) in [5.41, 5.74) is -1.25. The summed E-state index contributed by atoms with van der Waals surface area (Å²) < 4.78 is 0. The highest BCUT2D eigenvalue weighted by Gasteiger charge is 2.13. The number of H-pyrrole nitrogens is 1. The van der Waals surface area contributed by atoms with E-state index in [0.717, 1.165) is 6.20 Å². The highest BCUT2D eigenvalue weighted by molar-refractivity contribution is 5.89. The van der Waals surface area contributed by atoms with Gasteiger partial charge in [0, 0.05) is 11.9 Å². The van der Waals surface area contributed by atoms with Crippen LogP contribution in [0.25, 0.3) is 0 Å². The summed E-state index contributed by atoms with van der Waals surface area (Å²) in [5.74, 6) is -2.56. The second-order valence-electron chi connectivity index (χ2n) is 2.46. The average Bonchev–Trinajstić information content (AvgIpc) is 2.01. The van der Waals surface area contributed by atoms with Gasteiger partial charge in [-0.3, -0.25) is 4.79 Å². The van der Waals surface area contributed by atoms with Crippen LogP contribution < -0.4 is 5.69 Å². The minimum absolute atomic E-state index is 0.162. The number of rotatable bonds is 3. The number of carbonyl (C=O) groups is 2. The third-order valence-corrected chi connectivity index (χ3v) is 1.45. The van der Waals surface area contributed by atoms with Gasteiger partial charge in [0.1, 0.15) is 0 Å². The molecule has 3 N–H and O–H groups in total. The molecule has 1 aromatic heterocycles. The molecule has 0 atom stereocenters. The van der Waals surface area contributed by atoms with Crippen LogP contribution >= 0.6 is 0 Å². The second-order valence-corrected chi connectivity index (χ2v) is 2.46. The lowest BCUT2D eigenvalue weighted by molar-refractivity contribution is -0.136. The van der Waals surface area contributed by atoms with Crippen molar-refractivity contribution in [2.45, 2.75) is 6.42 Å². The molecule has 0 saturated heterocycles. The Morgan fingerprint density at radius 1 is 1.43 bits per heavy atom. The van der Waals surface area contributed by atoms with Crippen molar-refractivity contribution in [1.82, 2.24) is 9.97 Å². The Hall–Kier alpha value is -2.18. The van der Waals surface area contributed by atoms with Gasteiger partial charge in [0.15, 0.2) is 0 Å². The highest BCUT2D eigenvalue weighted by Crippen LogP contribution is 2.02. The standard InChI is InChI=1S/C7H6N2O5/c10-5(11)1-4-3(6(12)13)2-8-7(14)9-4/h2H,1H2,(H,10,11)(H,12,13)(H,8,9,14). The quantitative estimate of drug-likeness (QED) is 0.578. The SMILES string of the molecule is O=C(O)Cc1[nH]c(=O)ncc1C(=O)O. The molecule has 0 fully saturated rings. The molecule has 74 valence electrons. The van der Waals surface area contributed by atoms with Gasteiger partial charge >= 0.3 is 17.6 Å². The summed E-state index contributed by atoms with van der Waals surface area (Å²) in [5, 5.41) is 17.0. The molecule has 0 amide bonds. The first-order chi connectivity index (χ1) is 6.50. The lowest BCUT2D eigenvalue weighted by Crippen LogP contribution is -2.19. The number of carboxylic acids is 2. The molecular formula is C7H6N2O5. The molecule has 0 spiro atoms. The van der Waals surface area contributed by atoms with E-state index in [0.29, 0.717) is 0 Å². The number of nitrogens with zero attached hydrogens (tertiary/aromatic N) is 1. The molecule has 0 bridgehead atoms. The van der Waals surface area contributed by atoms with Gasteiger partial charge in [-0.1, -0.05) is 0 Å². The van der Waals surface area contributed by atoms with E-state index in [9.17, 15) is 14.4 Å². The Morgan fingerprint density at radius 2 is 2.07 bits per heavy atom. The lowest BCUT2D eigenvalue weighted by Gasteiger charge is -2.00. The Labute approximate surface area is 77.0 Å². The van der Waals surface area contributed by atoms with Gasteiger partial charge in [0.2, 0.25) is 0 Å². The van der Waals surface area contributed by atoms with E-state index < -0.39 is 24.0 Å². The van der Waals surface area contributed by atoms with Gasteiger partial charge < -0.3 is 15.2 Å². The minimum Gasteiger partial charge on any atom is -0.481 e.